The number of piperidine rings is 1. The zero-order valence-corrected chi connectivity index (χ0v) is 22.0. The second-order valence-corrected chi connectivity index (χ2v) is 11.2. The Bertz CT molecular complexity index is 1170. The highest BCUT2D eigenvalue weighted by molar-refractivity contribution is 8.00. The van der Waals surface area contributed by atoms with Crippen molar-refractivity contribution in [3.05, 3.63) is 58.4 Å². The lowest BCUT2D eigenvalue weighted by molar-refractivity contribution is -0.117. The first-order chi connectivity index (χ1) is 17.1. The van der Waals surface area contributed by atoms with Crippen molar-refractivity contribution >= 4 is 29.2 Å². The molecule has 36 heavy (non-hydrogen) atoms. The van der Waals surface area contributed by atoms with Gasteiger partial charge in [0.25, 0.3) is 0 Å². The number of nitrogens with two attached hydrogens (primary N) is 1. The number of rotatable bonds is 8. The molecule has 9 heteroatoms. The van der Waals surface area contributed by atoms with Crippen LogP contribution in [-0.2, 0) is 11.2 Å². The van der Waals surface area contributed by atoms with Crippen molar-refractivity contribution < 1.29 is 9.18 Å². The third kappa shape index (κ3) is 6.34. The van der Waals surface area contributed by atoms with Crippen LogP contribution in [-0.4, -0.2) is 42.7 Å². The molecule has 3 rings (SSSR count). The number of carbonyl (C=O) groups is 1. The summed E-state index contributed by atoms with van der Waals surface area (Å²) in [4.78, 5) is 22.5. The fourth-order valence-electron chi connectivity index (χ4n) is 4.26. The largest absolute Gasteiger partial charge is 0.368 e. The molecule has 2 aromatic rings. The number of nitriles is 1. The molecule has 2 heterocycles. The summed E-state index contributed by atoms with van der Waals surface area (Å²) in [5.74, 6) is -0.197. The molecule has 1 aromatic carbocycles. The number of nitrogens with one attached hydrogen (secondary N) is 1. The number of thioether (sulfide) groups is 1. The van der Waals surface area contributed by atoms with Gasteiger partial charge in [0, 0.05) is 19.1 Å². The van der Waals surface area contributed by atoms with Crippen molar-refractivity contribution in [3.8, 4) is 6.07 Å². The third-order valence-electron chi connectivity index (χ3n) is 6.12. The molecule has 1 saturated heterocycles. The third-order valence-corrected chi connectivity index (χ3v) is 7.38. The maximum absolute atomic E-state index is 15.2. The van der Waals surface area contributed by atoms with E-state index in [0.717, 1.165) is 11.8 Å². The first-order valence-electron chi connectivity index (χ1n) is 12.1. The second-order valence-electron chi connectivity index (χ2n) is 10.1. The standard InChI is InChI=1S/C27H33FN6OS/c1-6-18-19(14-29)26(36-23(24(30)35)17-10-8-7-9-11-17)33-25(22(18)31-5)34-13-12-21(20(28)15-34)32-16-27(2,3)4/h7-11,20-21,23,32H,6,12-13,15-16H2,1-4H3,(H2,30,35). The molecular weight excluding hydrogens is 475 g/mol. The van der Waals surface area contributed by atoms with Crippen LogP contribution < -0.4 is 16.0 Å². The molecule has 3 unspecified atom stereocenters. The molecule has 0 aliphatic carbocycles. The molecule has 1 aromatic heterocycles. The van der Waals surface area contributed by atoms with Crippen LogP contribution in [0.4, 0.5) is 15.9 Å². The van der Waals surface area contributed by atoms with E-state index in [1.165, 1.54) is 0 Å². The first-order valence-corrected chi connectivity index (χ1v) is 12.9. The molecule has 0 bridgehead atoms. The SMILES string of the molecule is [C-]#[N+]c1c(N2CCC(NCC(C)(C)C)C(F)C2)nc(SC(C(N)=O)c2ccccc2)c(C#N)c1CC. The lowest BCUT2D eigenvalue weighted by Gasteiger charge is -2.38. The van der Waals surface area contributed by atoms with Crippen LogP contribution in [0.1, 0.15) is 56.1 Å². The Kier molecular flexibility index (Phi) is 8.94. The average molecular weight is 509 g/mol. The highest BCUT2D eigenvalue weighted by Gasteiger charge is 2.33. The van der Waals surface area contributed by atoms with Crippen molar-refractivity contribution in [3.63, 3.8) is 0 Å². The normalized spacial score (nSPS) is 18.8. The minimum Gasteiger partial charge on any atom is -0.368 e. The Hall–Kier alpha value is -3.14. The van der Waals surface area contributed by atoms with Gasteiger partial charge in [0.2, 0.25) is 11.6 Å². The number of nitrogens with zero attached hydrogens (tertiary/aromatic N) is 4. The molecule has 0 spiro atoms. The molecule has 0 radical (unpaired) electrons. The molecule has 0 saturated carbocycles. The number of hydrogen-bond donors (Lipinski definition) is 2. The number of aromatic nitrogens is 1. The van der Waals surface area contributed by atoms with Crippen LogP contribution in [0.2, 0.25) is 0 Å². The van der Waals surface area contributed by atoms with E-state index in [2.05, 4.69) is 37.0 Å². The van der Waals surface area contributed by atoms with E-state index in [0.29, 0.717) is 47.9 Å². The van der Waals surface area contributed by atoms with E-state index in [1.807, 2.05) is 25.1 Å². The van der Waals surface area contributed by atoms with E-state index >= 15 is 4.39 Å². The number of anilines is 1. The summed E-state index contributed by atoms with van der Waals surface area (Å²) in [5.41, 5.74) is 7.55. The van der Waals surface area contributed by atoms with E-state index < -0.39 is 17.3 Å². The number of benzene rings is 1. The summed E-state index contributed by atoms with van der Waals surface area (Å²) in [6.45, 7) is 17.3. The molecule has 3 atom stereocenters. The zero-order chi connectivity index (χ0) is 26.5. The Balaban J connectivity index is 1.99. The molecule has 190 valence electrons. The zero-order valence-electron chi connectivity index (χ0n) is 21.2. The smallest absolute Gasteiger partial charge is 0.235 e. The quantitative estimate of drug-likeness (QED) is 0.387. The Morgan fingerprint density at radius 2 is 2.11 bits per heavy atom. The van der Waals surface area contributed by atoms with Gasteiger partial charge in [-0.15, -0.1) is 0 Å². The van der Waals surface area contributed by atoms with Gasteiger partial charge in [0.15, 0.2) is 0 Å². The van der Waals surface area contributed by atoms with E-state index in [1.54, 1.807) is 17.0 Å². The molecule has 3 N–H and O–H groups in total. The van der Waals surface area contributed by atoms with Gasteiger partial charge < -0.3 is 16.0 Å². The molecule has 1 aliphatic heterocycles. The van der Waals surface area contributed by atoms with Crippen LogP contribution in [0.25, 0.3) is 4.85 Å². The van der Waals surface area contributed by atoms with Gasteiger partial charge in [-0.05, 0) is 29.4 Å². The van der Waals surface area contributed by atoms with E-state index in [4.69, 9.17) is 17.3 Å². The molecule has 1 aliphatic rings. The van der Waals surface area contributed by atoms with Crippen molar-refractivity contribution in [2.45, 2.75) is 63.0 Å². The van der Waals surface area contributed by atoms with E-state index in [-0.39, 0.29) is 29.3 Å². The summed E-state index contributed by atoms with van der Waals surface area (Å²) >= 11 is 1.10. The summed E-state index contributed by atoms with van der Waals surface area (Å²) in [5, 5.41) is 12.9. The van der Waals surface area contributed by atoms with Gasteiger partial charge in [-0.25, -0.2) is 14.2 Å². The average Bonchev–Trinajstić information content (AvgIpc) is 2.85. The minimum absolute atomic E-state index is 0.0423. The van der Waals surface area contributed by atoms with Crippen LogP contribution in [0.15, 0.2) is 35.4 Å². The van der Waals surface area contributed by atoms with Crippen LogP contribution >= 0.6 is 11.8 Å². The number of alkyl halides is 1. The number of pyridine rings is 1. The van der Waals surface area contributed by atoms with Gasteiger partial charge in [0.05, 0.1) is 18.7 Å². The number of hydrogen-bond acceptors (Lipinski definition) is 6. The Morgan fingerprint density at radius 3 is 2.64 bits per heavy atom. The summed E-state index contributed by atoms with van der Waals surface area (Å²) in [7, 11) is 0. The summed E-state index contributed by atoms with van der Waals surface area (Å²) < 4.78 is 15.2. The van der Waals surface area contributed by atoms with Gasteiger partial charge in [-0.3, -0.25) is 4.79 Å². The topological polar surface area (TPSA) is 99.4 Å². The summed E-state index contributed by atoms with van der Waals surface area (Å²) in [6.07, 6.45) is -0.145. The number of halogens is 1. The van der Waals surface area contributed by atoms with Crippen LogP contribution in [0.5, 0.6) is 0 Å². The Labute approximate surface area is 217 Å². The minimum atomic E-state index is -1.14. The number of amides is 1. The van der Waals surface area contributed by atoms with Gasteiger partial charge in [-0.1, -0.05) is 69.8 Å². The Morgan fingerprint density at radius 1 is 1.42 bits per heavy atom. The van der Waals surface area contributed by atoms with Crippen LogP contribution in [0, 0.1) is 23.3 Å². The lowest BCUT2D eigenvalue weighted by atomic mass is 9.95. The number of carbonyl (C=O) groups excluding carboxylic acids is 1. The fourth-order valence-corrected chi connectivity index (χ4v) is 5.32. The van der Waals surface area contributed by atoms with Crippen molar-refractivity contribution in [1.29, 1.82) is 5.26 Å². The molecule has 1 fully saturated rings. The highest BCUT2D eigenvalue weighted by Crippen LogP contribution is 2.43. The van der Waals surface area contributed by atoms with Crippen molar-refractivity contribution in [2.75, 3.05) is 24.5 Å². The summed E-state index contributed by atoms with van der Waals surface area (Å²) in [6, 6.07) is 11.0. The van der Waals surface area contributed by atoms with Gasteiger partial charge >= 0.3 is 0 Å². The number of primary amides is 1. The maximum Gasteiger partial charge on any atom is 0.235 e. The van der Waals surface area contributed by atoms with Gasteiger partial charge in [0.1, 0.15) is 28.3 Å². The predicted octanol–water partition coefficient (Wildman–Crippen LogP) is 4.94. The molecular formula is C27H33FN6OS. The second kappa shape index (κ2) is 11.7. The maximum atomic E-state index is 15.2. The van der Waals surface area contributed by atoms with Gasteiger partial charge in [-0.2, -0.15) is 5.26 Å². The monoisotopic (exact) mass is 508 g/mol. The molecule has 1 amide bonds. The first kappa shape index (κ1) is 27.4. The fraction of sp³-hybridized carbons (Fsp3) is 0.481. The van der Waals surface area contributed by atoms with Crippen molar-refractivity contribution in [1.82, 2.24) is 10.3 Å². The van der Waals surface area contributed by atoms with E-state index in [9.17, 15) is 10.1 Å². The molecule has 7 nitrogen and oxygen atoms in total. The lowest BCUT2D eigenvalue weighted by Crippen LogP contribution is -2.52. The highest BCUT2D eigenvalue weighted by atomic mass is 32.2. The predicted molar refractivity (Wildman–Crippen MR) is 142 cm³/mol. The van der Waals surface area contributed by atoms with Crippen molar-refractivity contribution in [2.24, 2.45) is 11.1 Å². The van der Waals surface area contributed by atoms with Crippen LogP contribution in [0.3, 0.4) is 0 Å².